The maximum atomic E-state index is 12.3. The van der Waals surface area contributed by atoms with Gasteiger partial charge in [0.2, 0.25) is 5.78 Å². The van der Waals surface area contributed by atoms with Gasteiger partial charge >= 0.3 is 0 Å². The van der Waals surface area contributed by atoms with Crippen LogP contribution in [0.2, 0.25) is 0 Å². The van der Waals surface area contributed by atoms with Crippen LogP contribution < -0.4 is 0 Å². The minimum atomic E-state index is -0.0954. The standard InChI is InChI=1S/C16H12N2O/c1-11-6-7-17-15(8-11)16(19)13-9-12-4-2-3-5-14(12)18-10-13/h2-10H,1H3. The van der Waals surface area contributed by atoms with Crippen molar-refractivity contribution in [2.75, 3.05) is 0 Å². The van der Waals surface area contributed by atoms with E-state index in [2.05, 4.69) is 9.97 Å². The van der Waals surface area contributed by atoms with Gasteiger partial charge in [0.25, 0.3) is 0 Å². The number of hydrogen-bond donors (Lipinski definition) is 0. The normalized spacial score (nSPS) is 10.6. The Bertz CT molecular complexity index is 765. The van der Waals surface area contributed by atoms with Crippen LogP contribution in [0.5, 0.6) is 0 Å². The van der Waals surface area contributed by atoms with Gasteiger partial charge in [-0.05, 0) is 36.8 Å². The number of pyridine rings is 2. The van der Waals surface area contributed by atoms with E-state index in [9.17, 15) is 4.79 Å². The van der Waals surface area contributed by atoms with Crippen LogP contribution in [0, 0.1) is 6.92 Å². The lowest BCUT2D eigenvalue weighted by Gasteiger charge is -2.03. The fourth-order valence-electron chi connectivity index (χ4n) is 2.00. The van der Waals surface area contributed by atoms with Crippen LogP contribution in [-0.2, 0) is 0 Å². The fraction of sp³-hybridized carbons (Fsp3) is 0.0625. The molecule has 0 bridgehead atoms. The summed E-state index contributed by atoms with van der Waals surface area (Å²) in [6.07, 6.45) is 3.26. The molecule has 19 heavy (non-hydrogen) atoms. The molecule has 0 unspecified atom stereocenters. The molecule has 0 saturated heterocycles. The van der Waals surface area contributed by atoms with Crippen LogP contribution in [0.1, 0.15) is 21.6 Å². The molecule has 0 N–H and O–H groups in total. The van der Waals surface area contributed by atoms with Crippen molar-refractivity contribution >= 4 is 16.7 Å². The summed E-state index contributed by atoms with van der Waals surface area (Å²) in [7, 11) is 0. The molecule has 3 aromatic rings. The lowest BCUT2D eigenvalue weighted by molar-refractivity contribution is 0.103. The number of carbonyl (C=O) groups is 1. The molecule has 0 aliphatic carbocycles. The predicted molar refractivity (Wildman–Crippen MR) is 74.1 cm³/mol. The highest BCUT2D eigenvalue weighted by atomic mass is 16.1. The molecule has 2 heterocycles. The van der Waals surface area contributed by atoms with Crippen molar-refractivity contribution in [3.05, 3.63) is 71.7 Å². The highest BCUT2D eigenvalue weighted by molar-refractivity contribution is 6.08. The third-order valence-corrected chi connectivity index (χ3v) is 3.00. The number of nitrogens with zero attached hydrogens (tertiary/aromatic N) is 2. The van der Waals surface area contributed by atoms with E-state index < -0.39 is 0 Å². The minimum absolute atomic E-state index is 0.0954. The summed E-state index contributed by atoms with van der Waals surface area (Å²) in [6, 6.07) is 13.3. The molecule has 1 aromatic carbocycles. The van der Waals surface area contributed by atoms with E-state index in [4.69, 9.17) is 0 Å². The van der Waals surface area contributed by atoms with Crippen molar-refractivity contribution in [1.29, 1.82) is 0 Å². The molecule has 2 aromatic heterocycles. The van der Waals surface area contributed by atoms with E-state index in [0.29, 0.717) is 11.3 Å². The molecule has 0 saturated carbocycles. The van der Waals surface area contributed by atoms with Crippen molar-refractivity contribution < 1.29 is 4.79 Å². The van der Waals surface area contributed by atoms with Crippen LogP contribution in [0.25, 0.3) is 10.9 Å². The molecule has 3 nitrogen and oxygen atoms in total. The molecule has 0 aliphatic heterocycles. The third-order valence-electron chi connectivity index (χ3n) is 3.00. The maximum Gasteiger partial charge on any atom is 0.212 e. The Morgan fingerprint density at radius 3 is 2.74 bits per heavy atom. The van der Waals surface area contributed by atoms with Crippen molar-refractivity contribution in [3.63, 3.8) is 0 Å². The first kappa shape index (κ1) is 11.5. The number of para-hydroxylation sites is 1. The van der Waals surface area contributed by atoms with E-state index in [1.807, 2.05) is 43.3 Å². The Morgan fingerprint density at radius 1 is 1.05 bits per heavy atom. The van der Waals surface area contributed by atoms with Gasteiger partial charge in [-0.1, -0.05) is 18.2 Å². The van der Waals surface area contributed by atoms with Gasteiger partial charge < -0.3 is 0 Å². The highest BCUT2D eigenvalue weighted by Crippen LogP contribution is 2.15. The van der Waals surface area contributed by atoms with E-state index in [0.717, 1.165) is 16.5 Å². The zero-order valence-electron chi connectivity index (χ0n) is 10.5. The number of benzene rings is 1. The van der Waals surface area contributed by atoms with Gasteiger partial charge in [0.15, 0.2) is 0 Å². The summed E-state index contributed by atoms with van der Waals surface area (Å²) in [4.78, 5) is 20.8. The molecule has 92 valence electrons. The van der Waals surface area contributed by atoms with Gasteiger partial charge in [0.1, 0.15) is 5.69 Å². The Hall–Kier alpha value is -2.55. The molecule has 3 rings (SSSR count). The van der Waals surface area contributed by atoms with Gasteiger partial charge in [0.05, 0.1) is 5.52 Å². The average Bonchev–Trinajstić information content (AvgIpc) is 2.46. The van der Waals surface area contributed by atoms with Crippen molar-refractivity contribution in [2.24, 2.45) is 0 Å². The zero-order chi connectivity index (χ0) is 13.2. The molecule has 0 atom stereocenters. The molecule has 0 radical (unpaired) electrons. The van der Waals surface area contributed by atoms with Crippen LogP contribution in [0.15, 0.2) is 54.9 Å². The number of aromatic nitrogens is 2. The summed E-state index contributed by atoms with van der Waals surface area (Å²) in [5.41, 5.74) is 2.93. The second kappa shape index (κ2) is 4.61. The second-order valence-electron chi connectivity index (χ2n) is 4.46. The summed E-state index contributed by atoms with van der Waals surface area (Å²) < 4.78 is 0. The summed E-state index contributed by atoms with van der Waals surface area (Å²) >= 11 is 0. The van der Waals surface area contributed by atoms with Gasteiger partial charge in [0, 0.05) is 23.3 Å². The summed E-state index contributed by atoms with van der Waals surface area (Å²) in [6.45, 7) is 1.94. The van der Waals surface area contributed by atoms with Crippen molar-refractivity contribution in [1.82, 2.24) is 9.97 Å². The number of carbonyl (C=O) groups excluding carboxylic acids is 1. The van der Waals surface area contributed by atoms with Crippen LogP contribution in [0.4, 0.5) is 0 Å². The first-order valence-electron chi connectivity index (χ1n) is 6.06. The Balaban J connectivity index is 2.06. The van der Waals surface area contributed by atoms with Crippen molar-refractivity contribution in [2.45, 2.75) is 6.92 Å². The summed E-state index contributed by atoms with van der Waals surface area (Å²) in [5.74, 6) is -0.0954. The van der Waals surface area contributed by atoms with Gasteiger partial charge in [-0.25, -0.2) is 0 Å². The van der Waals surface area contributed by atoms with E-state index in [1.54, 1.807) is 18.5 Å². The lowest BCUT2D eigenvalue weighted by Crippen LogP contribution is -2.04. The molecule has 0 amide bonds. The largest absolute Gasteiger partial charge is 0.287 e. The smallest absolute Gasteiger partial charge is 0.212 e. The maximum absolute atomic E-state index is 12.3. The van der Waals surface area contributed by atoms with Gasteiger partial charge in [-0.3, -0.25) is 14.8 Å². The fourth-order valence-corrected chi connectivity index (χ4v) is 2.00. The Kier molecular flexibility index (Phi) is 2.80. The van der Waals surface area contributed by atoms with E-state index >= 15 is 0 Å². The van der Waals surface area contributed by atoms with Crippen LogP contribution in [0.3, 0.4) is 0 Å². The lowest BCUT2D eigenvalue weighted by atomic mass is 10.1. The second-order valence-corrected chi connectivity index (χ2v) is 4.46. The van der Waals surface area contributed by atoms with Crippen LogP contribution >= 0.6 is 0 Å². The Labute approximate surface area is 111 Å². The topological polar surface area (TPSA) is 42.9 Å². The molecule has 3 heteroatoms. The van der Waals surface area contributed by atoms with E-state index in [-0.39, 0.29) is 5.78 Å². The molecule has 0 aliphatic rings. The van der Waals surface area contributed by atoms with E-state index in [1.165, 1.54) is 0 Å². The number of rotatable bonds is 2. The highest BCUT2D eigenvalue weighted by Gasteiger charge is 2.11. The van der Waals surface area contributed by atoms with Crippen molar-refractivity contribution in [3.8, 4) is 0 Å². The molecular formula is C16H12N2O. The quantitative estimate of drug-likeness (QED) is 0.654. The number of fused-ring (bicyclic) bond motifs is 1. The minimum Gasteiger partial charge on any atom is -0.287 e. The first-order valence-corrected chi connectivity index (χ1v) is 6.06. The zero-order valence-corrected chi connectivity index (χ0v) is 10.5. The van der Waals surface area contributed by atoms with Gasteiger partial charge in [-0.2, -0.15) is 0 Å². The average molecular weight is 248 g/mol. The number of ketones is 1. The molecule has 0 spiro atoms. The molecule has 0 fully saturated rings. The van der Waals surface area contributed by atoms with Gasteiger partial charge in [-0.15, -0.1) is 0 Å². The first-order chi connectivity index (χ1) is 9.24. The SMILES string of the molecule is Cc1ccnc(C(=O)c2cnc3ccccc3c2)c1. The number of aryl methyl sites for hydroxylation is 1. The third kappa shape index (κ3) is 2.22. The summed E-state index contributed by atoms with van der Waals surface area (Å²) in [5, 5.41) is 0.959. The monoisotopic (exact) mass is 248 g/mol. The predicted octanol–water partition coefficient (Wildman–Crippen LogP) is 3.17. The van der Waals surface area contributed by atoms with Crippen LogP contribution in [-0.4, -0.2) is 15.8 Å². The Morgan fingerprint density at radius 2 is 1.89 bits per heavy atom. The molecular weight excluding hydrogens is 236 g/mol. The number of hydrogen-bond acceptors (Lipinski definition) is 3.